The Morgan fingerprint density at radius 2 is 2.14 bits per heavy atom. The van der Waals surface area contributed by atoms with Crippen LogP contribution >= 0.6 is 11.8 Å². The minimum Gasteiger partial charge on any atom is -0.481 e. The third-order valence-corrected chi connectivity index (χ3v) is 4.04. The number of hydrogen-bond acceptors (Lipinski definition) is 5. The zero-order chi connectivity index (χ0) is 15.8. The fourth-order valence-corrected chi connectivity index (χ4v) is 2.99. The molecule has 6 nitrogen and oxygen atoms in total. The summed E-state index contributed by atoms with van der Waals surface area (Å²) in [5.41, 5.74) is 1.86. The summed E-state index contributed by atoms with van der Waals surface area (Å²) in [6.45, 7) is 5.68. The number of nitrogens with one attached hydrogen (secondary N) is 1. The molecule has 1 rings (SSSR count). The van der Waals surface area contributed by atoms with Gasteiger partial charge in [-0.2, -0.15) is 0 Å². The Bertz CT molecular complexity index is 468. The van der Waals surface area contributed by atoms with Crippen molar-refractivity contribution in [2.45, 2.75) is 51.8 Å². The number of nitrogens with zero attached hydrogens (tertiary/aromatic N) is 1. The van der Waals surface area contributed by atoms with Crippen LogP contribution in [0.5, 0.6) is 0 Å². The second kappa shape index (κ2) is 8.71. The van der Waals surface area contributed by atoms with Crippen LogP contribution in [0.1, 0.15) is 43.2 Å². The van der Waals surface area contributed by atoms with Crippen molar-refractivity contribution in [3.63, 3.8) is 0 Å². The number of carboxylic acids is 1. The number of aliphatic carboxylic acids is 1. The van der Waals surface area contributed by atoms with Crippen LogP contribution in [0.25, 0.3) is 0 Å². The standard InChI is InChI=1S/C14H22N2O4S/c1-4-5-11(6-14(18)19)15-13(17)8-21-7-12-9(2)16-20-10(12)3/h11H,4-8H2,1-3H3,(H,15,17)(H,18,19). The number of carboxylic acid groups (broad SMARTS) is 1. The van der Waals surface area contributed by atoms with Crippen molar-refractivity contribution in [2.75, 3.05) is 5.75 Å². The summed E-state index contributed by atoms with van der Waals surface area (Å²) in [6.07, 6.45) is 1.48. The van der Waals surface area contributed by atoms with E-state index in [0.29, 0.717) is 17.9 Å². The third-order valence-electron chi connectivity index (χ3n) is 3.08. The minimum atomic E-state index is -0.892. The van der Waals surface area contributed by atoms with Crippen molar-refractivity contribution < 1.29 is 19.2 Å². The lowest BCUT2D eigenvalue weighted by Gasteiger charge is -2.15. The predicted molar refractivity (Wildman–Crippen MR) is 81.2 cm³/mol. The molecule has 0 fully saturated rings. The average molecular weight is 314 g/mol. The maximum atomic E-state index is 11.8. The van der Waals surface area contributed by atoms with Crippen LogP contribution in [-0.2, 0) is 15.3 Å². The molecule has 0 aliphatic rings. The summed E-state index contributed by atoms with van der Waals surface area (Å²) in [5.74, 6) is 0.703. The van der Waals surface area contributed by atoms with E-state index >= 15 is 0 Å². The fraction of sp³-hybridized carbons (Fsp3) is 0.643. The highest BCUT2D eigenvalue weighted by Crippen LogP contribution is 2.19. The Balaban J connectivity index is 2.37. The van der Waals surface area contributed by atoms with E-state index in [1.54, 1.807) is 0 Å². The van der Waals surface area contributed by atoms with Crippen molar-refractivity contribution in [3.05, 3.63) is 17.0 Å². The number of carbonyl (C=O) groups is 2. The molecule has 0 radical (unpaired) electrons. The number of amides is 1. The lowest BCUT2D eigenvalue weighted by Crippen LogP contribution is -2.37. The van der Waals surface area contributed by atoms with Crippen LogP contribution < -0.4 is 5.32 Å². The summed E-state index contributed by atoms with van der Waals surface area (Å²) in [7, 11) is 0. The molecule has 0 bridgehead atoms. The van der Waals surface area contributed by atoms with Crippen LogP contribution in [-0.4, -0.2) is 33.9 Å². The number of carbonyl (C=O) groups excluding carboxylic acids is 1. The second-order valence-electron chi connectivity index (χ2n) is 4.95. The highest BCUT2D eigenvalue weighted by Gasteiger charge is 2.15. The predicted octanol–water partition coefficient (Wildman–Crippen LogP) is 2.28. The van der Waals surface area contributed by atoms with Crippen LogP contribution in [0, 0.1) is 13.8 Å². The van der Waals surface area contributed by atoms with E-state index in [-0.39, 0.29) is 18.4 Å². The summed E-state index contributed by atoms with van der Waals surface area (Å²) in [5, 5.41) is 15.5. The molecule has 0 aliphatic heterocycles. The lowest BCUT2D eigenvalue weighted by molar-refractivity contribution is -0.137. The van der Waals surface area contributed by atoms with Gasteiger partial charge < -0.3 is 14.9 Å². The maximum Gasteiger partial charge on any atom is 0.305 e. The van der Waals surface area contributed by atoms with Gasteiger partial charge in [-0.25, -0.2) is 0 Å². The van der Waals surface area contributed by atoms with Gasteiger partial charge in [0.2, 0.25) is 5.91 Å². The molecule has 1 atom stereocenters. The Labute approximate surface area is 128 Å². The first-order valence-electron chi connectivity index (χ1n) is 6.94. The van der Waals surface area contributed by atoms with Gasteiger partial charge in [0.1, 0.15) is 5.76 Å². The number of thioether (sulfide) groups is 1. The average Bonchev–Trinajstić information content (AvgIpc) is 2.70. The molecule has 1 aromatic heterocycles. The smallest absolute Gasteiger partial charge is 0.305 e. The van der Waals surface area contributed by atoms with Gasteiger partial charge in [-0.3, -0.25) is 9.59 Å². The fourth-order valence-electron chi connectivity index (χ4n) is 2.01. The monoisotopic (exact) mass is 314 g/mol. The van der Waals surface area contributed by atoms with Gasteiger partial charge in [-0.1, -0.05) is 18.5 Å². The number of rotatable bonds is 9. The molecule has 1 amide bonds. The van der Waals surface area contributed by atoms with E-state index in [1.807, 2.05) is 20.8 Å². The van der Waals surface area contributed by atoms with Crippen molar-refractivity contribution in [3.8, 4) is 0 Å². The van der Waals surface area contributed by atoms with E-state index in [1.165, 1.54) is 11.8 Å². The molecule has 21 heavy (non-hydrogen) atoms. The SMILES string of the molecule is CCCC(CC(=O)O)NC(=O)CSCc1c(C)noc1C. The van der Waals surface area contributed by atoms with E-state index in [4.69, 9.17) is 9.63 Å². The first kappa shape index (κ1) is 17.6. The van der Waals surface area contributed by atoms with Gasteiger partial charge in [0, 0.05) is 17.4 Å². The molecule has 1 aromatic rings. The van der Waals surface area contributed by atoms with E-state index in [9.17, 15) is 9.59 Å². The van der Waals surface area contributed by atoms with E-state index in [2.05, 4.69) is 10.5 Å². The second-order valence-corrected chi connectivity index (χ2v) is 5.93. The number of hydrogen-bond donors (Lipinski definition) is 2. The molecule has 7 heteroatoms. The molecular formula is C14H22N2O4S. The molecule has 0 aromatic carbocycles. The molecular weight excluding hydrogens is 292 g/mol. The third kappa shape index (κ3) is 6.20. The summed E-state index contributed by atoms with van der Waals surface area (Å²) < 4.78 is 5.06. The summed E-state index contributed by atoms with van der Waals surface area (Å²) >= 11 is 1.47. The Hall–Kier alpha value is -1.50. The Morgan fingerprint density at radius 3 is 2.67 bits per heavy atom. The first-order valence-corrected chi connectivity index (χ1v) is 8.10. The van der Waals surface area contributed by atoms with Crippen LogP contribution in [0.2, 0.25) is 0 Å². The molecule has 2 N–H and O–H groups in total. The van der Waals surface area contributed by atoms with Crippen molar-refractivity contribution in [1.29, 1.82) is 0 Å². The van der Waals surface area contributed by atoms with Crippen molar-refractivity contribution in [2.24, 2.45) is 0 Å². The molecule has 118 valence electrons. The van der Waals surface area contributed by atoms with Gasteiger partial charge in [0.15, 0.2) is 0 Å². The normalized spacial score (nSPS) is 12.1. The van der Waals surface area contributed by atoms with Crippen LogP contribution in [0.3, 0.4) is 0 Å². The number of aryl methyl sites for hydroxylation is 2. The Morgan fingerprint density at radius 1 is 1.43 bits per heavy atom. The molecule has 0 saturated carbocycles. The maximum absolute atomic E-state index is 11.8. The Kier molecular flexibility index (Phi) is 7.28. The highest BCUT2D eigenvalue weighted by molar-refractivity contribution is 7.99. The minimum absolute atomic E-state index is 0.0336. The zero-order valence-electron chi connectivity index (χ0n) is 12.6. The summed E-state index contributed by atoms with van der Waals surface area (Å²) in [6, 6.07) is -0.292. The van der Waals surface area contributed by atoms with Gasteiger partial charge in [-0.15, -0.1) is 11.8 Å². The van der Waals surface area contributed by atoms with Gasteiger partial charge in [0.25, 0.3) is 0 Å². The highest BCUT2D eigenvalue weighted by atomic mass is 32.2. The van der Waals surface area contributed by atoms with Gasteiger partial charge in [0.05, 0.1) is 17.9 Å². The quantitative estimate of drug-likeness (QED) is 0.726. The van der Waals surface area contributed by atoms with Gasteiger partial charge >= 0.3 is 5.97 Å². The van der Waals surface area contributed by atoms with Crippen LogP contribution in [0.15, 0.2) is 4.52 Å². The van der Waals surface area contributed by atoms with E-state index < -0.39 is 5.97 Å². The molecule has 1 unspecified atom stereocenters. The molecule has 0 spiro atoms. The topological polar surface area (TPSA) is 92.4 Å². The van der Waals surface area contributed by atoms with Crippen molar-refractivity contribution >= 4 is 23.6 Å². The van der Waals surface area contributed by atoms with Crippen LogP contribution in [0.4, 0.5) is 0 Å². The first-order chi connectivity index (χ1) is 9.93. The molecule has 1 heterocycles. The lowest BCUT2D eigenvalue weighted by atomic mass is 10.1. The molecule has 0 aliphatic carbocycles. The zero-order valence-corrected chi connectivity index (χ0v) is 13.5. The van der Waals surface area contributed by atoms with Crippen molar-refractivity contribution in [1.82, 2.24) is 10.5 Å². The summed E-state index contributed by atoms with van der Waals surface area (Å²) in [4.78, 5) is 22.6. The molecule has 0 saturated heterocycles. The van der Waals surface area contributed by atoms with Gasteiger partial charge in [-0.05, 0) is 20.3 Å². The largest absolute Gasteiger partial charge is 0.481 e. The number of aromatic nitrogens is 1. The van der Waals surface area contributed by atoms with E-state index in [0.717, 1.165) is 23.4 Å².